The molecule has 0 radical (unpaired) electrons. The number of amides is 1. The third-order valence-corrected chi connectivity index (χ3v) is 1.98. The van der Waals surface area contributed by atoms with E-state index in [2.05, 4.69) is 15.3 Å². The van der Waals surface area contributed by atoms with Crippen LogP contribution in [-0.4, -0.2) is 22.4 Å². The fourth-order valence-electron chi connectivity index (χ4n) is 1.07. The molecule has 3 N–H and O–H groups in total. The molecule has 0 saturated heterocycles. The van der Waals surface area contributed by atoms with Gasteiger partial charge in [0.05, 0.1) is 24.0 Å². The van der Waals surface area contributed by atoms with E-state index in [0.717, 1.165) is 6.42 Å². The van der Waals surface area contributed by atoms with Gasteiger partial charge in [-0.05, 0) is 6.42 Å². The van der Waals surface area contributed by atoms with Crippen LogP contribution >= 0.6 is 0 Å². The molecule has 0 fully saturated rings. The Kier molecular flexibility index (Phi) is 4.00. The van der Waals surface area contributed by atoms with Gasteiger partial charge in [-0.2, -0.15) is 0 Å². The van der Waals surface area contributed by atoms with Crippen LogP contribution in [0.3, 0.4) is 0 Å². The van der Waals surface area contributed by atoms with Crippen LogP contribution in [0.1, 0.15) is 13.3 Å². The van der Waals surface area contributed by atoms with Crippen molar-refractivity contribution in [2.75, 3.05) is 11.9 Å². The Hall–Kier alpha value is -1.49. The van der Waals surface area contributed by atoms with Crippen molar-refractivity contribution in [3.8, 4) is 0 Å². The normalized spacial score (nSPS) is 12.1. The number of carbonyl (C=O) groups excluding carboxylic acids is 1. The minimum atomic E-state index is -0.143. The van der Waals surface area contributed by atoms with Crippen molar-refractivity contribution in [3.05, 3.63) is 18.7 Å². The van der Waals surface area contributed by atoms with Gasteiger partial charge in [0.15, 0.2) is 0 Å². The molecule has 0 saturated carbocycles. The van der Waals surface area contributed by atoms with Crippen LogP contribution in [0.5, 0.6) is 0 Å². The molecule has 5 nitrogen and oxygen atoms in total. The van der Waals surface area contributed by atoms with Crippen LogP contribution in [0.2, 0.25) is 0 Å². The molecule has 5 heteroatoms. The molecule has 14 heavy (non-hydrogen) atoms. The molecule has 0 aromatic carbocycles. The maximum atomic E-state index is 11.5. The largest absolute Gasteiger partial charge is 0.330 e. The van der Waals surface area contributed by atoms with E-state index in [4.69, 9.17) is 5.73 Å². The Labute approximate surface area is 82.7 Å². The van der Waals surface area contributed by atoms with Gasteiger partial charge in [-0.3, -0.25) is 4.79 Å². The topological polar surface area (TPSA) is 80.9 Å². The predicted octanol–water partition coefficient (Wildman–Crippen LogP) is 0.400. The van der Waals surface area contributed by atoms with E-state index < -0.39 is 0 Å². The minimum Gasteiger partial charge on any atom is -0.330 e. The number of nitrogens with one attached hydrogen (secondary N) is 1. The van der Waals surface area contributed by atoms with E-state index >= 15 is 0 Å². The first-order chi connectivity index (χ1) is 6.77. The molecule has 1 aromatic heterocycles. The maximum Gasteiger partial charge on any atom is 0.228 e. The van der Waals surface area contributed by atoms with Crippen molar-refractivity contribution < 1.29 is 4.79 Å². The summed E-state index contributed by atoms with van der Waals surface area (Å²) >= 11 is 0. The second kappa shape index (κ2) is 5.29. The lowest BCUT2D eigenvalue weighted by atomic mass is 10.1. The van der Waals surface area contributed by atoms with E-state index in [1.54, 1.807) is 12.4 Å². The smallest absolute Gasteiger partial charge is 0.228 e. The van der Waals surface area contributed by atoms with Gasteiger partial charge in [-0.15, -0.1) is 0 Å². The Morgan fingerprint density at radius 3 is 2.71 bits per heavy atom. The van der Waals surface area contributed by atoms with Gasteiger partial charge in [0.2, 0.25) is 5.91 Å². The zero-order chi connectivity index (χ0) is 10.4. The lowest BCUT2D eigenvalue weighted by molar-refractivity contribution is -0.119. The van der Waals surface area contributed by atoms with Crippen LogP contribution in [0.4, 0.5) is 5.69 Å². The first-order valence-corrected chi connectivity index (χ1v) is 4.53. The zero-order valence-electron chi connectivity index (χ0n) is 8.10. The molecule has 1 unspecified atom stereocenters. The van der Waals surface area contributed by atoms with Crippen LogP contribution in [-0.2, 0) is 4.79 Å². The molecule has 0 aliphatic rings. The number of hydrogen-bond donors (Lipinski definition) is 2. The SMILES string of the molecule is CCC(CN)C(=O)Nc1cncnc1. The Morgan fingerprint density at radius 2 is 2.21 bits per heavy atom. The van der Waals surface area contributed by atoms with Gasteiger partial charge in [0.25, 0.3) is 0 Å². The summed E-state index contributed by atoms with van der Waals surface area (Å²) in [6.45, 7) is 2.29. The molecular formula is C9H14N4O. The summed E-state index contributed by atoms with van der Waals surface area (Å²) in [6, 6.07) is 0. The lowest BCUT2D eigenvalue weighted by Crippen LogP contribution is -2.28. The van der Waals surface area contributed by atoms with Crippen molar-refractivity contribution in [2.45, 2.75) is 13.3 Å². The minimum absolute atomic E-state index is 0.0789. The highest BCUT2D eigenvalue weighted by Crippen LogP contribution is 2.06. The van der Waals surface area contributed by atoms with Crippen LogP contribution in [0.25, 0.3) is 0 Å². The van der Waals surface area contributed by atoms with Gasteiger partial charge in [-0.1, -0.05) is 6.92 Å². The average molecular weight is 194 g/mol. The third-order valence-electron chi connectivity index (χ3n) is 1.98. The molecule has 0 spiro atoms. The highest BCUT2D eigenvalue weighted by molar-refractivity contribution is 5.92. The molecule has 1 amide bonds. The van der Waals surface area contributed by atoms with E-state index in [9.17, 15) is 4.79 Å². The standard InChI is InChI=1S/C9H14N4O/c1-2-7(3-10)9(14)13-8-4-11-6-12-5-8/h4-7H,2-3,10H2,1H3,(H,13,14). The maximum absolute atomic E-state index is 11.5. The van der Waals surface area contributed by atoms with Crippen LogP contribution in [0, 0.1) is 5.92 Å². The molecule has 0 aliphatic carbocycles. The molecular weight excluding hydrogens is 180 g/mol. The van der Waals surface area contributed by atoms with Crippen molar-refractivity contribution in [1.29, 1.82) is 0 Å². The number of aromatic nitrogens is 2. The van der Waals surface area contributed by atoms with Crippen LogP contribution < -0.4 is 11.1 Å². The number of rotatable bonds is 4. The summed E-state index contributed by atoms with van der Waals surface area (Å²) in [4.78, 5) is 19.1. The fourth-order valence-corrected chi connectivity index (χ4v) is 1.07. The van der Waals surface area contributed by atoms with Crippen LogP contribution in [0.15, 0.2) is 18.7 Å². The molecule has 1 aromatic rings. The summed E-state index contributed by atoms with van der Waals surface area (Å²) in [5, 5.41) is 2.70. The predicted molar refractivity (Wildman–Crippen MR) is 53.5 cm³/mol. The van der Waals surface area contributed by atoms with Crippen molar-refractivity contribution in [2.24, 2.45) is 11.7 Å². The molecule has 0 aliphatic heterocycles. The molecule has 0 bridgehead atoms. The first kappa shape index (κ1) is 10.6. The lowest BCUT2D eigenvalue weighted by Gasteiger charge is -2.11. The zero-order valence-corrected chi connectivity index (χ0v) is 8.10. The number of hydrogen-bond acceptors (Lipinski definition) is 4. The molecule has 1 rings (SSSR count). The van der Waals surface area contributed by atoms with Crippen molar-refractivity contribution in [1.82, 2.24) is 9.97 Å². The summed E-state index contributed by atoms with van der Waals surface area (Å²) < 4.78 is 0. The second-order valence-corrected chi connectivity index (χ2v) is 2.96. The van der Waals surface area contributed by atoms with Gasteiger partial charge in [-0.25, -0.2) is 9.97 Å². The van der Waals surface area contributed by atoms with Gasteiger partial charge in [0, 0.05) is 6.54 Å². The van der Waals surface area contributed by atoms with E-state index in [0.29, 0.717) is 12.2 Å². The molecule has 1 heterocycles. The highest BCUT2D eigenvalue weighted by Gasteiger charge is 2.14. The molecule has 76 valence electrons. The Balaban J connectivity index is 2.57. The fraction of sp³-hybridized carbons (Fsp3) is 0.444. The monoisotopic (exact) mass is 194 g/mol. The second-order valence-electron chi connectivity index (χ2n) is 2.96. The Bertz CT molecular complexity index is 284. The van der Waals surface area contributed by atoms with Gasteiger partial charge < -0.3 is 11.1 Å². The highest BCUT2D eigenvalue weighted by atomic mass is 16.1. The summed E-state index contributed by atoms with van der Waals surface area (Å²) in [5.41, 5.74) is 6.05. The third kappa shape index (κ3) is 2.77. The number of nitrogens with zero attached hydrogens (tertiary/aromatic N) is 2. The first-order valence-electron chi connectivity index (χ1n) is 4.53. The van der Waals surface area contributed by atoms with E-state index in [1.165, 1.54) is 6.33 Å². The van der Waals surface area contributed by atoms with E-state index in [1.807, 2.05) is 6.92 Å². The Morgan fingerprint density at radius 1 is 1.57 bits per heavy atom. The summed E-state index contributed by atoms with van der Waals surface area (Å²) in [6.07, 6.45) is 5.24. The average Bonchev–Trinajstić information content (AvgIpc) is 2.21. The number of nitrogens with two attached hydrogens (primary N) is 1. The molecule has 1 atom stereocenters. The van der Waals surface area contributed by atoms with Gasteiger partial charge in [0.1, 0.15) is 6.33 Å². The van der Waals surface area contributed by atoms with Gasteiger partial charge >= 0.3 is 0 Å². The summed E-state index contributed by atoms with van der Waals surface area (Å²) in [5.74, 6) is -0.222. The number of anilines is 1. The van der Waals surface area contributed by atoms with E-state index in [-0.39, 0.29) is 11.8 Å². The quantitative estimate of drug-likeness (QED) is 0.727. The van der Waals surface area contributed by atoms with Crippen molar-refractivity contribution >= 4 is 11.6 Å². The number of carbonyl (C=O) groups is 1. The summed E-state index contributed by atoms with van der Waals surface area (Å²) in [7, 11) is 0. The van der Waals surface area contributed by atoms with Crippen molar-refractivity contribution in [3.63, 3.8) is 0 Å².